The predicted octanol–water partition coefficient (Wildman–Crippen LogP) is 3.58. The van der Waals surface area contributed by atoms with Gasteiger partial charge < -0.3 is 14.6 Å². The molecule has 0 radical (unpaired) electrons. The summed E-state index contributed by atoms with van der Waals surface area (Å²) < 4.78 is 11.8. The lowest BCUT2D eigenvalue weighted by Gasteiger charge is -2.33. The van der Waals surface area contributed by atoms with Crippen LogP contribution in [0, 0.1) is 5.92 Å². The van der Waals surface area contributed by atoms with Gasteiger partial charge in [-0.1, -0.05) is 44.2 Å². The van der Waals surface area contributed by atoms with E-state index >= 15 is 0 Å². The Hall–Kier alpha value is -2.12. The number of rotatable bonds is 8. The van der Waals surface area contributed by atoms with E-state index < -0.39 is 23.8 Å². The van der Waals surface area contributed by atoms with Gasteiger partial charge in [-0.2, -0.15) is 0 Å². The Morgan fingerprint density at radius 1 is 1.21 bits per heavy atom. The van der Waals surface area contributed by atoms with E-state index in [1.54, 1.807) is 23.9 Å². The normalized spacial score (nSPS) is 22.1. The Labute approximate surface area is 173 Å². The van der Waals surface area contributed by atoms with Crippen LogP contribution in [0.25, 0.3) is 0 Å². The third-order valence-electron chi connectivity index (χ3n) is 5.26. The molecule has 1 fully saturated rings. The number of benzene rings is 1. The molecular weight excluding hydrogens is 372 g/mol. The van der Waals surface area contributed by atoms with Gasteiger partial charge in [0, 0.05) is 6.42 Å². The largest absolute Gasteiger partial charge is 0.480 e. The molecule has 0 aromatic heterocycles. The number of nitrogens with zero attached hydrogens (tertiary/aromatic N) is 2. The highest BCUT2D eigenvalue weighted by molar-refractivity contribution is 5.73. The molecule has 0 unspecified atom stereocenters. The smallest absolute Gasteiger partial charge is 0.412 e. The second kappa shape index (κ2) is 9.59. The van der Waals surface area contributed by atoms with Crippen molar-refractivity contribution >= 4 is 12.1 Å². The van der Waals surface area contributed by atoms with Crippen molar-refractivity contribution in [3.05, 3.63) is 35.9 Å². The molecule has 0 aliphatic carbocycles. The van der Waals surface area contributed by atoms with Crippen molar-refractivity contribution in [1.82, 2.24) is 9.80 Å². The van der Waals surface area contributed by atoms with Crippen molar-refractivity contribution in [2.75, 3.05) is 14.1 Å². The maximum Gasteiger partial charge on any atom is 0.412 e. The average molecular weight is 407 g/mol. The van der Waals surface area contributed by atoms with E-state index in [1.807, 2.05) is 44.2 Å². The molecule has 1 saturated heterocycles. The van der Waals surface area contributed by atoms with Gasteiger partial charge in [0.05, 0.1) is 12.1 Å². The fourth-order valence-electron chi connectivity index (χ4n) is 3.91. The highest BCUT2D eigenvalue weighted by Gasteiger charge is 2.51. The second-order valence-corrected chi connectivity index (χ2v) is 8.76. The molecule has 7 heteroatoms. The van der Waals surface area contributed by atoms with Crippen LogP contribution in [0.4, 0.5) is 4.79 Å². The van der Waals surface area contributed by atoms with Gasteiger partial charge in [-0.3, -0.25) is 14.6 Å². The van der Waals surface area contributed by atoms with Crippen molar-refractivity contribution < 1.29 is 24.2 Å². The first-order chi connectivity index (χ1) is 13.5. The van der Waals surface area contributed by atoms with Crippen LogP contribution in [-0.4, -0.2) is 65.0 Å². The number of hydrogen-bond acceptors (Lipinski definition) is 5. The van der Waals surface area contributed by atoms with Gasteiger partial charge in [0.15, 0.2) is 0 Å². The lowest BCUT2D eigenvalue weighted by molar-refractivity contribution is -0.144. The van der Waals surface area contributed by atoms with E-state index in [4.69, 9.17) is 9.47 Å². The molecule has 3 atom stereocenters. The zero-order chi connectivity index (χ0) is 21.8. The molecule has 1 heterocycles. The van der Waals surface area contributed by atoms with E-state index in [-0.39, 0.29) is 18.8 Å². The van der Waals surface area contributed by atoms with E-state index in [0.717, 1.165) is 5.56 Å². The molecule has 1 aromatic rings. The Balaban J connectivity index is 2.21. The molecule has 7 nitrogen and oxygen atoms in total. The van der Waals surface area contributed by atoms with E-state index in [9.17, 15) is 14.7 Å². The maximum atomic E-state index is 13.0. The Kier molecular flexibility index (Phi) is 7.66. The Morgan fingerprint density at radius 2 is 1.83 bits per heavy atom. The number of ether oxygens (including phenoxy) is 2. The fraction of sp³-hybridized carbons (Fsp3) is 0.636. The zero-order valence-corrected chi connectivity index (χ0v) is 18.3. The number of carbonyl (C=O) groups is 2. The molecular formula is C22H34N2O5. The molecule has 1 N–H and O–H groups in total. The number of hydrogen-bond donors (Lipinski definition) is 1. The molecule has 29 heavy (non-hydrogen) atoms. The molecule has 1 aliphatic heterocycles. The molecule has 1 aliphatic rings. The Morgan fingerprint density at radius 3 is 2.34 bits per heavy atom. The summed E-state index contributed by atoms with van der Waals surface area (Å²) in [6.07, 6.45) is 0.170. The molecule has 0 spiro atoms. The minimum atomic E-state index is -0.898. The predicted molar refractivity (Wildman–Crippen MR) is 110 cm³/mol. The topological polar surface area (TPSA) is 79.3 Å². The highest BCUT2D eigenvalue weighted by atomic mass is 16.6. The van der Waals surface area contributed by atoms with Crippen molar-refractivity contribution in [1.29, 1.82) is 0 Å². The number of likely N-dealkylation sites (N-methyl/N-ethyl adjacent to an activating group) is 1. The first-order valence-electron chi connectivity index (χ1n) is 10.1. The minimum absolute atomic E-state index is 0.181. The van der Waals surface area contributed by atoms with Crippen LogP contribution in [0.15, 0.2) is 30.3 Å². The van der Waals surface area contributed by atoms with E-state index in [0.29, 0.717) is 18.8 Å². The van der Waals surface area contributed by atoms with Crippen molar-refractivity contribution in [3.63, 3.8) is 0 Å². The van der Waals surface area contributed by atoms with Gasteiger partial charge in [0.25, 0.3) is 0 Å². The summed E-state index contributed by atoms with van der Waals surface area (Å²) in [5.41, 5.74) is 0.0298. The number of amides is 1. The van der Waals surface area contributed by atoms with Gasteiger partial charge in [0.1, 0.15) is 18.4 Å². The fourth-order valence-corrected chi connectivity index (χ4v) is 3.91. The van der Waals surface area contributed by atoms with Gasteiger partial charge >= 0.3 is 12.1 Å². The van der Waals surface area contributed by atoms with Crippen LogP contribution in [0.2, 0.25) is 0 Å². The number of aliphatic carboxylic acids is 1. The number of carbonyl (C=O) groups excluding carboxylic acids is 1. The maximum absolute atomic E-state index is 13.0. The molecule has 1 aromatic carbocycles. The summed E-state index contributed by atoms with van der Waals surface area (Å²) in [7, 11) is 3.48. The van der Waals surface area contributed by atoms with Crippen LogP contribution in [0.3, 0.4) is 0 Å². The molecule has 1 amide bonds. The highest BCUT2D eigenvalue weighted by Crippen LogP contribution is 2.38. The summed E-state index contributed by atoms with van der Waals surface area (Å²) >= 11 is 0. The van der Waals surface area contributed by atoms with E-state index in [1.165, 1.54) is 0 Å². The summed E-state index contributed by atoms with van der Waals surface area (Å²) in [4.78, 5) is 28.0. The zero-order valence-electron chi connectivity index (χ0n) is 18.3. The summed E-state index contributed by atoms with van der Waals surface area (Å²) in [6, 6.07) is 8.58. The summed E-state index contributed by atoms with van der Waals surface area (Å²) in [6.45, 7) is 8.00. The van der Waals surface area contributed by atoms with Crippen LogP contribution in [0.1, 0.15) is 46.1 Å². The van der Waals surface area contributed by atoms with Gasteiger partial charge in [-0.25, -0.2) is 4.79 Å². The first kappa shape index (κ1) is 23.2. The van der Waals surface area contributed by atoms with Gasteiger partial charge in [0.2, 0.25) is 0 Å². The molecule has 2 rings (SSSR count). The number of carboxylic acid groups (broad SMARTS) is 1. The van der Waals surface area contributed by atoms with Crippen LogP contribution >= 0.6 is 0 Å². The number of carboxylic acids is 1. The standard InChI is InChI=1S/C22H34N2O5/c1-15(2)12-17-19(13-18(20(25)26)23(5)6)29-22(3,4)24(17)21(27)28-14-16-10-8-7-9-11-16/h7-11,15,17-19H,12-14H2,1-6H3,(H,25,26)/t17-,18+,19-/m0/s1. The van der Waals surface area contributed by atoms with Gasteiger partial charge in [-0.15, -0.1) is 0 Å². The lowest BCUT2D eigenvalue weighted by Crippen LogP contribution is -2.49. The monoisotopic (exact) mass is 406 g/mol. The molecule has 0 bridgehead atoms. The van der Waals surface area contributed by atoms with Crippen LogP contribution in [-0.2, 0) is 20.9 Å². The van der Waals surface area contributed by atoms with Crippen molar-refractivity contribution in [3.8, 4) is 0 Å². The Bertz CT molecular complexity index is 690. The lowest BCUT2D eigenvalue weighted by atomic mass is 9.94. The molecule has 0 saturated carbocycles. The quantitative estimate of drug-likeness (QED) is 0.711. The van der Waals surface area contributed by atoms with E-state index in [2.05, 4.69) is 13.8 Å². The SMILES string of the molecule is CC(C)C[C@H]1[C@H](C[C@H](C(=O)O)N(C)C)OC(C)(C)N1C(=O)OCc1ccccc1. The summed E-state index contributed by atoms with van der Waals surface area (Å²) in [5, 5.41) is 9.59. The van der Waals surface area contributed by atoms with Crippen molar-refractivity contribution in [2.45, 2.75) is 71.1 Å². The van der Waals surface area contributed by atoms with Crippen LogP contribution in [0.5, 0.6) is 0 Å². The first-order valence-corrected chi connectivity index (χ1v) is 10.1. The second-order valence-electron chi connectivity index (χ2n) is 8.76. The van der Waals surface area contributed by atoms with Crippen molar-refractivity contribution in [2.24, 2.45) is 5.92 Å². The minimum Gasteiger partial charge on any atom is -0.480 e. The summed E-state index contributed by atoms with van der Waals surface area (Å²) in [5.74, 6) is -0.586. The van der Waals surface area contributed by atoms with Gasteiger partial charge in [-0.05, 0) is 45.8 Å². The molecule has 162 valence electrons. The average Bonchev–Trinajstić information content (AvgIpc) is 2.87. The van der Waals surface area contributed by atoms with Crippen LogP contribution < -0.4 is 0 Å². The third-order valence-corrected chi connectivity index (χ3v) is 5.26. The third kappa shape index (κ3) is 5.93.